The molecule has 3 heteroatoms. The summed E-state index contributed by atoms with van der Waals surface area (Å²) in [5, 5.41) is 9.08. The molecule has 2 aliphatic rings. The van der Waals surface area contributed by atoms with E-state index in [4.69, 9.17) is 5.11 Å². The fourth-order valence-electron chi connectivity index (χ4n) is 3.09. The number of carboxylic acid groups (broad SMARTS) is 1. The third-order valence-corrected chi connectivity index (χ3v) is 4.00. The zero-order chi connectivity index (χ0) is 11.1. The Morgan fingerprint density at radius 3 is 2.33 bits per heavy atom. The quantitative estimate of drug-likeness (QED) is 0.774. The van der Waals surface area contributed by atoms with E-state index in [-0.39, 0.29) is 0 Å². The van der Waals surface area contributed by atoms with Crippen molar-refractivity contribution in [3.8, 4) is 0 Å². The van der Waals surface area contributed by atoms with Crippen LogP contribution in [0.3, 0.4) is 0 Å². The first kappa shape index (κ1) is 10.9. The monoisotopic (exact) mass is 211 g/mol. The average molecular weight is 211 g/mol. The van der Waals surface area contributed by atoms with Gasteiger partial charge >= 0.3 is 5.97 Å². The van der Waals surface area contributed by atoms with Crippen LogP contribution in [0.5, 0.6) is 0 Å². The van der Waals surface area contributed by atoms with E-state index >= 15 is 0 Å². The van der Waals surface area contributed by atoms with Gasteiger partial charge in [0.25, 0.3) is 0 Å². The maximum Gasteiger partial charge on any atom is 0.310 e. The van der Waals surface area contributed by atoms with Crippen LogP contribution in [0.4, 0.5) is 0 Å². The Bertz CT molecular complexity index is 250. The summed E-state index contributed by atoms with van der Waals surface area (Å²) < 4.78 is 0. The Balaban J connectivity index is 1.90. The molecule has 3 nitrogen and oxygen atoms in total. The third kappa shape index (κ3) is 2.17. The molecule has 15 heavy (non-hydrogen) atoms. The summed E-state index contributed by atoms with van der Waals surface area (Å²) in [6.45, 7) is 6.60. The van der Waals surface area contributed by atoms with E-state index in [1.165, 1.54) is 19.3 Å². The second kappa shape index (κ2) is 3.78. The predicted molar refractivity (Wildman–Crippen MR) is 58.7 cm³/mol. The average Bonchev–Trinajstić information content (AvgIpc) is 2.62. The van der Waals surface area contributed by atoms with Gasteiger partial charge < -0.3 is 10.0 Å². The summed E-state index contributed by atoms with van der Waals surface area (Å²) in [6.07, 6.45) is 4.09. The number of likely N-dealkylation sites (tertiary alicyclic amines) is 1. The first-order valence-corrected chi connectivity index (χ1v) is 5.95. The van der Waals surface area contributed by atoms with Crippen LogP contribution in [0.2, 0.25) is 0 Å². The molecule has 2 fully saturated rings. The summed E-state index contributed by atoms with van der Waals surface area (Å²) in [5.41, 5.74) is -0.599. The summed E-state index contributed by atoms with van der Waals surface area (Å²) in [5.74, 6) is 1.03. The van der Waals surface area contributed by atoms with Crippen LogP contribution in [0.1, 0.15) is 33.1 Å². The fraction of sp³-hybridized carbons (Fsp3) is 0.917. The van der Waals surface area contributed by atoms with Crippen molar-refractivity contribution in [2.75, 3.05) is 19.6 Å². The Morgan fingerprint density at radius 1 is 1.33 bits per heavy atom. The van der Waals surface area contributed by atoms with Gasteiger partial charge in [0.15, 0.2) is 0 Å². The van der Waals surface area contributed by atoms with E-state index in [2.05, 4.69) is 4.90 Å². The molecule has 0 aromatic heterocycles. The topological polar surface area (TPSA) is 40.5 Å². The van der Waals surface area contributed by atoms with Crippen LogP contribution in [-0.4, -0.2) is 35.6 Å². The number of hydrogen-bond donors (Lipinski definition) is 1. The molecule has 1 aliphatic heterocycles. The standard InChI is InChI=1S/C12H21NO2/c1-12(2,11(14)15)8-13-6-9-4-3-5-10(9)7-13/h9-10H,3-8H2,1-2H3,(H,14,15). The van der Waals surface area contributed by atoms with Gasteiger partial charge in [-0.1, -0.05) is 6.42 Å². The molecule has 1 aliphatic carbocycles. The van der Waals surface area contributed by atoms with E-state index < -0.39 is 11.4 Å². The first-order valence-electron chi connectivity index (χ1n) is 5.95. The van der Waals surface area contributed by atoms with Gasteiger partial charge in [-0.05, 0) is 38.5 Å². The highest BCUT2D eigenvalue weighted by atomic mass is 16.4. The Kier molecular flexibility index (Phi) is 2.75. The molecule has 0 amide bonds. The van der Waals surface area contributed by atoms with Crippen LogP contribution >= 0.6 is 0 Å². The van der Waals surface area contributed by atoms with Crippen LogP contribution in [0, 0.1) is 17.3 Å². The van der Waals surface area contributed by atoms with Crippen molar-refractivity contribution in [3.63, 3.8) is 0 Å². The molecule has 2 rings (SSSR count). The van der Waals surface area contributed by atoms with E-state index in [0.29, 0.717) is 6.54 Å². The van der Waals surface area contributed by atoms with Crippen molar-refractivity contribution in [2.24, 2.45) is 17.3 Å². The van der Waals surface area contributed by atoms with Gasteiger partial charge in [-0.3, -0.25) is 4.79 Å². The van der Waals surface area contributed by atoms with E-state index in [1.807, 2.05) is 13.8 Å². The molecule has 0 aromatic carbocycles. The smallest absolute Gasteiger partial charge is 0.310 e. The van der Waals surface area contributed by atoms with Crippen LogP contribution in [-0.2, 0) is 4.79 Å². The number of nitrogens with zero attached hydrogens (tertiary/aromatic N) is 1. The molecule has 1 N–H and O–H groups in total. The molecular formula is C12H21NO2. The fourth-order valence-corrected chi connectivity index (χ4v) is 3.09. The highest BCUT2D eigenvalue weighted by molar-refractivity contribution is 5.73. The van der Waals surface area contributed by atoms with E-state index in [0.717, 1.165) is 24.9 Å². The predicted octanol–water partition coefficient (Wildman–Crippen LogP) is 1.83. The largest absolute Gasteiger partial charge is 0.481 e. The number of aliphatic carboxylic acids is 1. The first-order chi connectivity index (χ1) is 6.99. The highest BCUT2D eigenvalue weighted by Gasteiger charge is 2.39. The van der Waals surface area contributed by atoms with Crippen molar-refractivity contribution in [3.05, 3.63) is 0 Å². The summed E-state index contributed by atoms with van der Waals surface area (Å²) in [4.78, 5) is 13.4. The lowest BCUT2D eigenvalue weighted by Gasteiger charge is -2.26. The second-order valence-electron chi connectivity index (χ2n) is 5.83. The Labute approximate surface area is 91.5 Å². The minimum absolute atomic E-state index is 0.599. The van der Waals surface area contributed by atoms with Crippen molar-refractivity contribution < 1.29 is 9.90 Å². The maximum absolute atomic E-state index is 11.0. The van der Waals surface area contributed by atoms with Gasteiger partial charge in [0.05, 0.1) is 5.41 Å². The SMILES string of the molecule is CC(C)(CN1CC2CCCC2C1)C(=O)O. The summed E-state index contributed by atoms with van der Waals surface area (Å²) >= 11 is 0. The number of fused-ring (bicyclic) bond motifs is 1. The minimum atomic E-state index is -0.681. The summed E-state index contributed by atoms with van der Waals surface area (Å²) in [6, 6.07) is 0. The molecule has 1 heterocycles. The lowest BCUT2D eigenvalue weighted by atomic mass is 9.93. The van der Waals surface area contributed by atoms with Crippen molar-refractivity contribution >= 4 is 5.97 Å². The van der Waals surface area contributed by atoms with Gasteiger partial charge in [0.1, 0.15) is 0 Å². The van der Waals surface area contributed by atoms with Gasteiger partial charge in [-0.25, -0.2) is 0 Å². The zero-order valence-corrected chi connectivity index (χ0v) is 9.70. The number of carbonyl (C=O) groups is 1. The third-order valence-electron chi connectivity index (χ3n) is 4.00. The second-order valence-corrected chi connectivity index (χ2v) is 5.83. The molecule has 1 saturated carbocycles. The number of rotatable bonds is 3. The normalized spacial score (nSPS) is 31.9. The molecule has 1 saturated heterocycles. The van der Waals surface area contributed by atoms with Gasteiger partial charge in [0, 0.05) is 19.6 Å². The molecular weight excluding hydrogens is 190 g/mol. The maximum atomic E-state index is 11.0. The molecule has 0 bridgehead atoms. The van der Waals surface area contributed by atoms with Crippen LogP contribution in [0.15, 0.2) is 0 Å². The molecule has 2 unspecified atom stereocenters. The lowest BCUT2D eigenvalue weighted by molar-refractivity contribution is -0.147. The van der Waals surface area contributed by atoms with E-state index in [9.17, 15) is 4.79 Å². The minimum Gasteiger partial charge on any atom is -0.481 e. The Hall–Kier alpha value is -0.570. The Morgan fingerprint density at radius 2 is 1.87 bits per heavy atom. The zero-order valence-electron chi connectivity index (χ0n) is 9.70. The van der Waals surface area contributed by atoms with Gasteiger partial charge in [-0.2, -0.15) is 0 Å². The van der Waals surface area contributed by atoms with Crippen molar-refractivity contribution in [1.29, 1.82) is 0 Å². The molecule has 0 spiro atoms. The molecule has 0 aromatic rings. The van der Waals surface area contributed by atoms with Gasteiger partial charge in [0.2, 0.25) is 0 Å². The lowest BCUT2D eigenvalue weighted by Crippen LogP contribution is -2.38. The van der Waals surface area contributed by atoms with Crippen molar-refractivity contribution in [1.82, 2.24) is 4.90 Å². The van der Waals surface area contributed by atoms with Crippen LogP contribution in [0.25, 0.3) is 0 Å². The number of carboxylic acids is 1. The van der Waals surface area contributed by atoms with E-state index in [1.54, 1.807) is 0 Å². The molecule has 0 radical (unpaired) electrons. The van der Waals surface area contributed by atoms with Crippen molar-refractivity contribution in [2.45, 2.75) is 33.1 Å². The summed E-state index contributed by atoms with van der Waals surface area (Å²) in [7, 11) is 0. The molecule has 86 valence electrons. The molecule has 2 atom stereocenters. The highest BCUT2D eigenvalue weighted by Crippen LogP contribution is 2.38. The van der Waals surface area contributed by atoms with Crippen LogP contribution < -0.4 is 0 Å². The van der Waals surface area contributed by atoms with Gasteiger partial charge in [-0.15, -0.1) is 0 Å². The number of hydrogen-bond acceptors (Lipinski definition) is 2.